The lowest BCUT2D eigenvalue weighted by Gasteiger charge is -2.44. The van der Waals surface area contributed by atoms with Crippen LogP contribution in [-0.4, -0.2) is 57.0 Å². The average Bonchev–Trinajstić information content (AvgIpc) is 2.84. The lowest BCUT2D eigenvalue weighted by molar-refractivity contribution is 0.0269. The number of carbonyl (C=O) groups is 2. The van der Waals surface area contributed by atoms with E-state index >= 15 is 0 Å². The maximum atomic E-state index is 13.6. The molecule has 1 saturated heterocycles. The zero-order valence-corrected chi connectivity index (χ0v) is 18.8. The quantitative estimate of drug-likeness (QED) is 0.464. The van der Waals surface area contributed by atoms with Crippen LogP contribution in [0.1, 0.15) is 40.1 Å². The van der Waals surface area contributed by atoms with Crippen molar-refractivity contribution < 1.29 is 14.8 Å². The smallest absolute Gasteiger partial charge is 0.274 e. The summed E-state index contributed by atoms with van der Waals surface area (Å²) in [5.41, 5.74) is 5.64. The molecule has 0 radical (unpaired) electrons. The fraction of sp³-hybridized carbons (Fsp3) is 0.269. The third kappa shape index (κ3) is 4.94. The Hall–Kier alpha value is -3.55. The summed E-state index contributed by atoms with van der Waals surface area (Å²) in [6.07, 6.45) is 3.51. The van der Waals surface area contributed by atoms with Crippen LogP contribution in [0.3, 0.4) is 0 Å². The maximum absolute atomic E-state index is 13.6. The van der Waals surface area contributed by atoms with E-state index in [1.54, 1.807) is 30.0 Å². The molecule has 0 spiro atoms. The molecule has 2 atom stereocenters. The number of nitrogens with one attached hydrogen (secondary N) is 1. The van der Waals surface area contributed by atoms with Crippen molar-refractivity contribution in [1.82, 2.24) is 20.3 Å². The fourth-order valence-electron chi connectivity index (χ4n) is 4.63. The van der Waals surface area contributed by atoms with Crippen molar-refractivity contribution in [3.05, 3.63) is 89.7 Å². The number of carbonyl (C=O) groups excluding carboxylic acids is 2. The van der Waals surface area contributed by atoms with Crippen molar-refractivity contribution in [2.75, 3.05) is 13.1 Å². The number of pyridine rings is 1. The fourth-order valence-corrected chi connectivity index (χ4v) is 4.63. The highest BCUT2D eigenvalue weighted by atomic mass is 16.5. The zero-order valence-electron chi connectivity index (χ0n) is 18.8. The first-order valence-electron chi connectivity index (χ1n) is 11.1. The van der Waals surface area contributed by atoms with E-state index in [0.717, 1.165) is 36.3 Å². The van der Waals surface area contributed by atoms with Gasteiger partial charge < -0.3 is 4.90 Å². The largest absolute Gasteiger partial charge is 0.331 e. The first-order valence-corrected chi connectivity index (χ1v) is 11.1. The van der Waals surface area contributed by atoms with Gasteiger partial charge in [0.25, 0.3) is 11.8 Å². The third-order valence-electron chi connectivity index (χ3n) is 6.08. The van der Waals surface area contributed by atoms with Crippen LogP contribution in [0, 0.1) is 0 Å². The number of rotatable bonds is 5. The molecule has 2 N–H and O–H groups in total. The molecule has 170 valence electrons. The Morgan fingerprint density at radius 1 is 1.00 bits per heavy atom. The second-order valence-corrected chi connectivity index (χ2v) is 8.53. The van der Waals surface area contributed by atoms with Crippen LogP contribution < -0.4 is 5.48 Å². The summed E-state index contributed by atoms with van der Waals surface area (Å²) in [5.74, 6) is -0.490. The van der Waals surface area contributed by atoms with Crippen molar-refractivity contribution in [3.8, 4) is 11.1 Å². The Morgan fingerprint density at radius 2 is 1.70 bits per heavy atom. The molecule has 3 aromatic rings. The Balaban J connectivity index is 1.48. The molecule has 0 aliphatic carbocycles. The van der Waals surface area contributed by atoms with Gasteiger partial charge in [-0.25, -0.2) is 5.48 Å². The summed E-state index contributed by atoms with van der Waals surface area (Å²) in [6.45, 7) is 6.40. The molecule has 0 saturated carbocycles. The van der Waals surface area contributed by atoms with E-state index in [-0.39, 0.29) is 18.0 Å². The summed E-state index contributed by atoms with van der Waals surface area (Å²) >= 11 is 0. The lowest BCUT2D eigenvalue weighted by atomic mass is 9.98. The first-order chi connectivity index (χ1) is 16.0. The molecule has 2 heterocycles. The predicted molar refractivity (Wildman–Crippen MR) is 126 cm³/mol. The highest BCUT2D eigenvalue weighted by molar-refractivity contribution is 6.01. The molecule has 1 aliphatic rings. The van der Waals surface area contributed by atoms with Crippen molar-refractivity contribution in [1.29, 1.82) is 0 Å². The molecule has 2 amide bonds. The minimum Gasteiger partial charge on any atom is -0.331 e. The number of amides is 2. The summed E-state index contributed by atoms with van der Waals surface area (Å²) in [5, 5.41) is 8.77. The van der Waals surface area contributed by atoms with Gasteiger partial charge in [0.05, 0.1) is 0 Å². The number of nitrogens with zero attached hydrogens (tertiary/aromatic N) is 3. The second kappa shape index (κ2) is 9.94. The Bertz CT molecular complexity index is 1110. The summed E-state index contributed by atoms with van der Waals surface area (Å²) in [4.78, 5) is 33.7. The number of hydrogen-bond donors (Lipinski definition) is 2. The Kier molecular flexibility index (Phi) is 6.82. The topological polar surface area (TPSA) is 85.8 Å². The highest BCUT2D eigenvalue weighted by Crippen LogP contribution is 2.27. The first kappa shape index (κ1) is 22.6. The lowest BCUT2D eigenvalue weighted by Crippen LogP contribution is -2.58. The molecule has 1 fully saturated rings. The van der Waals surface area contributed by atoms with Gasteiger partial charge in [-0.2, -0.15) is 0 Å². The molecule has 0 bridgehead atoms. The minimum atomic E-state index is -0.525. The van der Waals surface area contributed by atoms with Gasteiger partial charge in [-0.1, -0.05) is 36.4 Å². The van der Waals surface area contributed by atoms with Gasteiger partial charge >= 0.3 is 0 Å². The van der Waals surface area contributed by atoms with Crippen LogP contribution in [0.5, 0.6) is 0 Å². The van der Waals surface area contributed by atoms with Crippen LogP contribution in [-0.2, 0) is 6.54 Å². The number of benzene rings is 2. The van der Waals surface area contributed by atoms with Crippen LogP contribution in [0.2, 0.25) is 0 Å². The molecule has 1 aromatic heterocycles. The summed E-state index contributed by atoms with van der Waals surface area (Å²) in [7, 11) is 0. The molecule has 7 heteroatoms. The molecule has 0 unspecified atom stereocenters. The van der Waals surface area contributed by atoms with Gasteiger partial charge in [-0.05, 0) is 49.2 Å². The molecule has 4 rings (SSSR count). The van der Waals surface area contributed by atoms with Crippen molar-refractivity contribution in [2.24, 2.45) is 0 Å². The van der Waals surface area contributed by atoms with E-state index in [1.165, 1.54) is 0 Å². The van der Waals surface area contributed by atoms with Crippen LogP contribution >= 0.6 is 0 Å². The van der Waals surface area contributed by atoms with Crippen molar-refractivity contribution >= 4 is 11.8 Å². The number of hydrogen-bond acceptors (Lipinski definition) is 5. The molecule has 7 nitrogen and oxygen atoms in total. The van der Waals surface area contributed by atoms with Gasteiger partial charge in [-0.3, -0.25) is 24.7 Å². The van der Waals surface area contributed by atoms with Gasteiger partial charge in [0.1, 0.15) is 0 Å². The van der Waals surface area contributed by atoms with E-state index in [2.05, 4.69) is 23.7 Å². The Morgan fingerprint density at radius 3 is 2.33 bits per heavy atom. The number of aromatic nitrogens is 1. The van der Waals surface area contributed by atoms with Gasteiger partial charge in [0.15, 0.2) is 0 Å². The predicted octanol–water partition coefficient (Wildman–Crippen LogP) is 3.60. The van der Waals surface area contributed by atoms with Crippen molar-refractivity contribution in [2.45, 2.75) is 32.5 Å². The van der Waals surface area contributed by atoms with Crippen LogP contribution in [0.25, 0.3) is 11.1 Å². The maximum Gasteiger partial charge on any atom is 0.274 e. The summed E-state index contributed by atoms with van der Waals surface area (Å²) < 4.78 is 0. The van der Waals surface area contributed by atoms with E-state index in [4.69, 9.17) is 5.21 Å². The molecule has 1 aliphatic heterocycles. The monoisotopic (exact) mass is 444 g/mol. The third-order valence-corrected chi connectivity index (χ3v) is 6.08. The van der Waals surface area contributed by atoms with Gasteiger partial charge in [0.2, 0.25) is 0 Å². The van der Waals surface area contributed by atoms with Crippen LogP contribution in [0.15, 0.2) is 73.1 Å². The standard InChI is InChI=1S/C26H28N4O3/c1-18-15-29(17-20-9-11-21(12-10-20)25(31)28-33)16-19(2)30(18)26(32)24-8-4-3-7-23(24)22-6-5-13-27-14-22/h3-14,18-19,33H,15-17H2,1-2H3,(H,28,31)/t18-,19+. The van der Waals surface area contributed by atoms with E-state index in [1.807, 2.05) is 53.4 Å². The normalized spacial score (nSPS) is 18.7. The SMILES string of the molecule is C[C@@H]1CN(Cc2ccc(C(=O)NO)cc2)C[C@H](C)N1C(=O)c1ccccc1-c1cccnc1. The average molecular weight is 445 g/mol. The zero-order chi connectivity index (χ0) is 23.4. The van der Waals surface area contributed by atoms with Crippen molar-refractivity contribution in [3.63, 3.8) is 0 Å². The minimum absolute atomic E-state index is 0.0356. The van der Waals surface area contributed by atoms with E-state index < -0.39 is 5.91 Å². The number of hydroxylamine groups is 1. The van der Waals surface area contributed by atoms with Gasteiger partial charge in [0, 0.05) is 60.8 Å². The molecular weight excluding hydrogens is 416 g/mol. The van der Waals surface area contributed by atoms with E-state index in [0.29, 0.717) is 11.1 Å². The number of piperazine rings is 1. The highest BCUT2D eigenvalue weighted by Gasteiger charge is 2.34. The Labute approximate surface area is 193 Å². The summed E-state index contributed by atoms with van der Waals surface area (Å²) in [6, 6.07) is 18.8. The molecule has 2 aromatic carbocycles. The van der Waals surface area contributed by atoms with Gasteiger partial charge in [-0.15, -0.1) is 0 Å². The molecular formula is C26H28N4O3. The van der Waals surface area contributed by atoms with E-state index in [9.17, 15) is 9.59 Å². The molecule has 33 heavy (non-hydrogen) atoms. The second-order valence-electron chi connectivity index (χ2n) is 8.53. The van der Waals surface area contributed by atoms with Crippen LogP contribution in [0.4, 0.5) is 0 Å².